The molecule has 6 nitrogen and oxygen atoms in total. The first-order chi connectivity index (χ1) is 8.16. The molecule has 0 spiro atoms. The minimum atomic E-state index is -0.287. The summed E-state index contributed by atoms with van der Waals surface area (Å²) in [5.41, 5.74) is 7.18. The molecule has 0 bridgehead atoms. The lowest BCUT2D eigenvalue weighted by Gasteiger charge is -2.04. The lowest BCUT2D eigenvalue weighted by atomic mass is 10.2. The maximum Gasteiger partial charge on any atom is 0.255 e. The summed E-state index contributed by atoms with van der Waals surface area (Å²) >= 11 is 0. The molecular formula is C11H12N4O2. The van der Waals surface area contributed by atoms with Gasteiger partial charge in [-0.05, 0) is 13.0 Å². The van der Waals surface area contributed by atoms with Crippen molar-refractivity contribution in [2.75, 3.05) is 5.73 Å². The van der Waals surface area contributed by atoms with Crippen molar-refractivity contribution in [3.63, 3.8) is 0 Å². The molecule has 88 valence electrons. The summed E-state index contributed by atoms with van der Waals surface area (Å²) in [5, 5.41) is 6.40. The van der Waals surface area contributed by atoms with Crippen molar-refractivity contribution in [1.82, 2.24) is 15.5 Å². The van der Waals surface area contributed by atoms with E-state index in [0.29, 0.717) is 17.0 Å². The van der Waals surface area contributed by atoms with Gasteiger partial charge in [0, 0.05) is 24.1 Å². The van der Waals surface area contributed by atoms with Crippen molar-refractivity contribution >= 4 is 11.6 Å². The molecule has 0 aliphatic rings. The van der Waals surface area contributed by atoms with Crippen molar-refractivity contribution in [1.29, 1.82) is 0 Å². The van der Waals surface area contributed by atoms with Crippen LogP contribution in [0.2, 0.25) is 0 Å². The summed E-state index contributed by atoms with van der Waals surface area (Å²) in [6, 6.07) is 3.33. The molecule has 0 aromatic carbocycles. The van der Waals surface area contributed by atoms with Gasteiger partial charge in [-0.15, -0.1) is 0 Å². The van der Waals surface area contributed by atoms with Crippen molar-refractivity contribution in [2.45, 2.75) is 13.5 Å². The van der Waals surface area contributed by atoms with Gasteiger partial charge in [-0.1, -0.05) is 5.16 Å². The second-order valence-electron chi connectivity index (χ2n) is 3.58. The lowest BCUT2D eigenvalue weighted by Crippen LogP contribution is -2.23. The summed E-state index contributed by atoms with van der Waals surface area (Å²) < 4.78 is 4.97. The summed E-state index contributed by atoms with van der Waals surface area (Å²) in [6.45, 7) is 2.09. The van der Waals surface area contributed by atoms with E-state index in [4.69, 9.17) is 10.3 Å². The van der Waals surface area contributed by atoms with E-state index in [1.165, 1.54) is 12.4 Å². The quantitative estimate of drug-likeness (QED) is 0.819. The topological polar surface area (TPSA) is 94.0 Å². The van der Waals surface area contributed by atoms with E-state index in [1.54, 1.807) is 12.1 Å². The molecular weight excluding hydrogens is 220 g/mol. The fraction of sp³-hybridized carbons (Fsp3) is 0.182. The van der Waals surface area contributed by atoms with Gasteiger partial charge >= 0.3 is 0 Å². The SMILES string of the molecule is Cc1cc(CNC(=O)c2cnccc2N)on1. The molecule has 2 aromatic rings. The Labute approximate surface area is 97.8 Å². The molecule has 0 aliphatic heterocycles. The minimum absolute atomic E-state index is 0.272. The predicted octanol–water partition coefficient (Wildman–Crippen LogP) is 0.890. The second kappa shape index (κ2) is 4.65. The number of pyridine rings is 1. The standard InChI is InChI=1S/C11H12N4O2/c1-7-4-8(17-15-7)5-14-11(16)9-6-13-3-2-10(9)12/h2-4,6H,5H2,1H3,(H2,12,13)(H,14,16). The van der Waals surface area contributed by atoms with Crippen LogP contribution >= 0.6 is 0 Å². The van der Waals surface area contributed by atoms with Crippen LogP contribution in [-0.4, -0.2) is 16.0 Å². The molecule has 0 radical (unpaired) electrons. The molecule has 6 heteroatoms. The zero-order valence-corrected chi connectivity index (χ0v) is 9.30. The van der Waals surface area contributed by atoms with Crippen LogP contribution in [0.15, 0.2) is 29.0 Å². The first-order valence-electron chi connectivity index (χ1n) is 5.06. The van der Waals surface area contributed by atoms with E-state index >= 15 is 0 Å². The fourth-order valence-electron chi connectivity index (χ4n) is 1.36. The van der Waals surface area contributed by atoms with Gasteiger partial charge in [0.2, 0.25) is 0 Å². The molecule has 2 heterocycles. The number of hydrogen-bond donors (Lipinski definition) is 2. The van der Waals surface area contributed by atoms with Crippen LogP contribution in [0.1, 0.15) is 21.8 Å². The van der Waals surface area contributed by atoms with Gasteiger partial charge in [-0.2, -0.15) is 0 Å². The highest BCUT2D eigenvalue weighted by Crippen LogP contribution is 2.08. The van der Waals surface area contributed by atoms with E-state index in [9.17, 15) is 4.79 Å². The van der Waals surface area contributed by atoms with Crippen LogP contribution in [0, 0.1) is 6.92 Å². The molecule has 0 saturated heterocycles. The van der Waals surface area contributed by atoms with Crippen LogP contribution in [0.3, 0.4) is 0 Å². The molecule has 0 saturated carbocycles. The van der Waals surface area contributed by atoms with Gasteiger partial charge in [-0.3, -0.25) is 9.78 Å². The largest absolute Gasteiger partial charge is 0.398 e. The normalized spacial score (nSPS) is 10.2. The molecule has 0 aliphatic carbocycles. The van der Waals surface area contributed by atoms with Crippen LogP contribution in [0.5, 0.6) is 0 Å². The van der Waals surface area contributed by atoms with Crippen LogP contribution in [-0.2, 0) is 6.54 Å². The van der Waals surface area contributed by atoms with Crippen LogP contribution in [0.25, 0.3) is 0 Å². The molecule has 2 aromatic heterocycles. The average molecular weight is 232 g/mol. The highest BCUT2D eigenvalue weighted by molar-refractivity contribution is 5.98. The molecule has 0 atom stereocenters. The van der Waals surface area contributed by atoms with Gasteiger partial charge in [0.25, 0.3) is 5.91 Å². The number of carbonyl (C=O) groups excluding carboxylic acids is 1. The van der Waals surface area contributed by atoms with Crippen molar-refractivity contribution in [3.8, 4) is 0 Å². The monoisotopic (exact) mass is 232 g/mol. The Morgan fingerprint density at radius 2 is 2.41 bits per heavy atom. The number of nitrogens with two attached hydrogens (primary N) is 1. The Morgan fingerprint density at radius 1 is 1.59 bits per heavy atom. The summed E-state index contributed by atoms with van der Waals surface area (Å²) in [7, 11) is 0. The fourth-order valence-corrected chi connectivity index (χ4v) is 1.36. The lowest BCUT2D eigenvalue weighted by molar-refractivity contribution is 0.0947. The molecule has 3 N–H and O–H groups in total. The number of nitrogens with one attached hydrogen (secondary N) is 1. The zero-order valence-electron chi connectivity index (χ0n) is 9.30. The first-order valence-corrected chi connectivity index (χ1v) is 5.06. The van der Waals surface area contributed by atoms with Gasteiger partial charge in [-0.25, -0.2) is 0 Å². The Morgan fingerprint density at radius 3 is 3.06 bits per heavy atom. The van der Waals surface area contributed by atoms with E-state index < -0.39 is 0 Å². The van der Waals surface area contributed by atoms with Crippen LogP contribution in [0.4, 0.5) is 5.69 Å². The highest BCUT2D eigenvalue weighted by atomic mass is 16.5. The van der Waals surface area contributed by atoms with Gasteiger partial charge in [0.15, 0.2) is 5.76 Å². The number of nitrogens with zero attached hydrogens (tertiary/aromatic N) is 2. The molecule has 0 unspecified atom stereocenters. The van der Waals surface area contributed by atoms with Gasteiger partial charge < -0.3 is 15.6 Å². The number of anilines is 1. The maximum absolute atomic E-state index is 11.8. The molecule has 1 amide bonds. The Hall–Kier alpha value is -2.37. The average Bonchev–Trinajstić information content (AvgIpc) is 2.73. The number of amides is 1. The van der Waals surface area contributed by atoms with Gasteiger partial charge in [0.05, 0.1) is 17.8 Å². The van der Waals surface area contributed by atoms with Crippen LogP contribution < -0.4 is 11.1 Å². The van der Waals surface area contributed by atoms with E-state index in [0.717, 1.165) is 5.69 Å². The number of carbonyl (C=O) groups is 1. The number of aromatic nitrogens is 2. The summed E-state index contributed by atoms with van der Waals surface area (Å²) in [5.74, 6) is 0.308. The third-order valence-corrected chi connectivity index (χ3v) is 2.20. The first kappa shape index (κ1) is 11.1. The number of hydrogen-bond acceptors (Lipinski definition) is 5. The minimum Gasteiger partial charge on any atom is -0.398 e. The summed E-state index contributed by atoms with van der Waals surface area (Å²) in [6.07, 6.45) is 2.96. The Balaban J connectivity index is 2.01. The third-order valence-electron chi connectivity index (χ3n) is 2.20. The predicted molar refractivity (Wildman–Crippen MR) is 61.1 cm³/mol. The van der Waals surface area contributed by atoms with Crippen molar-refractivity contribution in [2.24, 2.45) is 0 Å². The summed E-state index contributed by atoms with van der Waals surface area (Å²) in [4.78, 5) is 15.6. The van der Waals surface area contributed by atoms with Gasteiger partial charge in [0.1, 0.15) is 0 Å². The number of nitrogen functional groups attached to an aromatic ring is 1. The van der Waals surface area contributed by atoms with Crippen molar-refractivity contribution in [3.05, 3.63) is 41.5 Å². The molecule has 17 heavy (non-hydrogen) atoms. The highest BCUT2D eigenvalue weighted by Gasteiger charge is 2.10. The van der Waals surface area contributed by atoms with E-state index in [-0.39, 0.29) is 12.5 Å². The van der Waals surface area contributed by atoms with E-state index in [2.05, 4.69) is 15.5 Å². The number of rotatable bonds is 3. The Bertz CT molecular complexity index is 536. The van der Waals surface area contributed by atoms with Crippen molar-refractivity contribution < 1.29 is 9.32 Å². The maximum atomic E-state index is 11.8. The molecule has 0 fully saturated rings. The van der Waals surface area contributed by atoms with E-state index in [1.807, 2.05) is 6.92 Å². The molecule has 2 rings (SSSR count). The number of aryl methyl sites for hydroxylation is 1. The second-order valence-corrected chi connectivity index (χ2v) is 3.58. The smallest absolute Gasteiger partial charge is 0.255 e. The Kier molecular flexibility index (Phi) is 3.04. The zero-order chi connectivity index (χ0) is 12.3. The third kappa shape index (κ3) is 2.60.